The molecule has 0 aliphatic rings. The van der Waals surface area contributed by atoms with Crippen molar-refractivity contribution in [2.75, 3.05) is 44.5 Å². The van der Waals surface area contributed by atoms with Crippen LogP contribution in [0.5, 0.6) is 11.5 Å². The summed E-state index contributed by atoms with van der Waals surface area (Å²) in [5, 5.41) is 4.82. The molecule has 0 saturated heterocycles. The number of hydrogen-bond acceptors (Lipinski definition) is 7. The van der Waals surface area contributed by atoms with Crippen LogP contribution in [-0.2, 0) is 6.18 Å². The molecule has 0 atom stereocenters. The van der Waals surface area contributed by atoms with Gasteiger partial charge in [-0.1, -0.05) is 0 Å². The fourth-order valence-electron chi connectivity index (χ4n) is 2.95. The number of alkyl halides is 3. The Kier molecular flexibility index (Phi) is 12.3. The number of likely N-dealkylation sites (N-methyl/N-ethyl adjacent to an activating group) is 1. The van der Waals surface area contributed by atoms with Gasteiger partial charge in [0.1, 0.15) is 12.4 Å². The summed E-state index contributed by atoms with van der Waals surface area (Å²) < 4.78 is 50.6. The van der Waals surface area contributed by atoms with Gasteiger partial charge in [-0.05, 0) is 39.2 Å². The summed E-state index contributed by atoms with van der Waals surface area (Å²) in [7, 11) is 3.61. The average molecular weight is 579 g/mol. The number of halogens is 5. The smallest absolute Gasteiger partial charge is 0.416 e. The first-order chi connectivity index (χ1) is 17.0. The number of ether oxygens (including phenoxy) is 2. The number of amides is 2. The van der Waals surface area contributed by atoms with E-state index in [4.69, 9.17) is 9.47 Å². The average Bonchev–Trinajstić information content (AvgIpc) is 2.80. The van der Waals surface area contributed by atoms with Crippen molar-refractivity contribution in [2.24, 2.45) is 0 Å². The SMILES string of the molecule is CCOc1cc(-c2ncc(NC(=O)Nc3cc(OCCN(C)C)cc(C(F)(F)F)c3)cn2)c[nH]c1=O.Cl.Cl. The van der Waals surface area contributed by atoms with Crippen molar-refractivity contribution in [1.29, 1.82) is 0 Å². The third-order valence-electron chi connectivity index (χ3n) is 4.64. The summed E-state index contributed by atoms with van der Waals surface area (Å²) in [5.74, 6) is 0.351. The lowest BCUT2D eigenvalue weighted by Gasteiger charge is -2.15. The number of aromatic nitrogens is 3. The molecule has 0 aliphatic carbocycles. The van der Waals surface area contributed by atoms with Gasteiger partial charge in [0.25, 0.3) is 5.56 Å². The third kappa shape index (κ3) is 9.39. The molecule has 0 radical (unpaired) electrons. The van der Waals surface area contributed by atoms with Crippen LogP contribution in [0.15, 0.2) is 47.7 Å². The predicted molar refractivity (Wildman–Crippen MR) is 142 cm³/mol. The van der Waals surface area contributed by atoms with Crippen LogP contribution < -0.4 is 25.7 Å². The van der Waals surface area contributed by atoms with Crippen molar-refractivity contribution in [3.05, 3.63) is 58.8 Å². The largest absolute Gasteiger partial charge is 0.492 e. The number of rotatable bonds is 9. The molecule has 3 N–H and O–H groups in total. The van der Waals surface area contributed by atoms with Crippen molar-refractivity contribution in [3.63, 3.8) is 0 Å². The van der Waals surface area contributed by atoms with Crippen molar-refractivity contribution in [2.45, 2.75) is 13.1 Å². The van der Waals surface area contributed by atoms with Crippen molar-refractivity contribution in [1.82, 2.24) is 19.9 Å². The van der Waals surface area contributed by atoms with E-state index in [1.165, 1.54) is 30.7 Å². The van der Waals surface area contributed by atoms with Crippen LogP contribution in [-0.4, -0.2) is 59.7 Å². The second-order valence-corrected chi connectivity index (χ2v) is 7.78. The fraction of sp³-hybridized carbons (Fsp3) is 0.304. The summed E-state index contributed by atoms with van der Waals surface area (Å²) in [4.78, 5) is 36.8. The van der Waals surface area contributed by atoms with Crippen molar-refractivity contribution < 1.29 is 27.4 Å². The Bertz CT molecular complexity index is 1260. The first-order valence-corrected chi connectivity index (χ1v) is 10.8. The second-order valence-electron chi connectivity index (χ2n) is 7.78. The fourth-order valence-corrected chi connectivity index (χ4v) is 2.95. The maximum absolute atomic E-state index is 13.3. The number of carbonyl (C=O) groups is 1. The van der Waals surface area contributed by atoms with Crippen LogP contribution in [0.25, 0.3) is 11.4 Å². The van der Waals surface area contributed by atoms with Gasteiger partial charge < -0.3 is 30.0 Å². The van der Waals surface area contributed by atoms with Gasteiger partial charge in [0.05, 0.1) is 30.3 Å². The first-order valence-electron chi connectivity index (χ1n) is 10.8. The lowest BCUT2D eigenvalue weighted by atomic mass is 10.2. The molecule has 0 spiro atoms. The molecule has 0 fully saturated rings. The Morgan fingerprint density at radius 2 is 1.68 bits per heavy atom. The number of nitrogens with one attached hydrogen (secondary N) is 3. The summed E-state index contributed by atoms with van der Waals surface area (Å²) in [5.41, 5.74) is -0.770. The van der Waals surface area contributed by atoms with E-state index in [1.54, 1.807) is 6.92 Å². The third-order valence-corrected chi connectivity index (χ3v) is 4.64. The lowest BCUT2D eigenvalue weighted by molar-refractivity contribution is -0.137. The number of nitrogens with zero attached hydrogens (tertiary/aromatic N) is 3. The molecule has 2 amide bonds. The number of aromatic amines is 1. The van der Waals surface area contributed by atoms with Gasteiger partial charge in [-0.2, -0.15) is 13.2 Å². The molecular formula is C23H27Cl2F3N6O4. The molecule has 0 saturated carbocycles. The Hall–Kier alpha value is -3.55. The van der Waals surface area contributed by atoms with E-state index in [0.717, 1.165) is 12.1 Å². The van der Waals surface area contributed by atoms with E-state index in [-0.39, 0.29) is 60.1 Å². The normalized spacial score (nSPS) is 10.7. The maximum atomic E-state index is 13.3. The van der Waals surface area contributed by atoms with E-state index in [2.05, 4.69) is 25.6 Å². The summed E-state index contributed by atoms with van der Waals surface area (Å²) in [6.45, 7) is 2.72. The van der Waals surface area contributed by atoms with Crippen LogP contribution >= 0.6 is 24.8 Å². The second kappa shape index (κ2) is 14.4. The number of urea groups is 1. The molecule has 0 bridgehead atoms. The number of H-pyrrole nitrogens is 1. The summed E-state index contributed by atoms with van der Waals surface area (Å²) >= 11 is 0. The zero-order valence-corrected chi connectivity index (χ0v) is 22.2. The van der Waals surface area contributed by atoms with Gasteiger partial charge in [-0.3, -0.25) is 4.79 Å². The van der Waals surface area contributed by atoms with Crippen LogP contribution in [0.1, 0.15) is 12.5 Å². The molecule has 2 aromatic heterocycles. The molecule has 2 heterocycles. The molecule has 38 heavy (non-hydrogen) atoms. The topological polar surface area (TPSA) is 121 Å². The zero-order valence-electron chi connectivity index (χ0n) is 20.6. The number of pyridine rings is 1. The minimum Gasteiger partial charge on any atom is -0.492 e. The van der Waals surface area contributed by atoms with Gasteiger partial charge in [-0.25, -0.2) is 14.8 Å². The minimum absolute atomic E-state index is 0. The van der Waals surface area contributed by atoms with E-state index in [1.807, 2.05) is 19.0 Å². The van der Waals surface area contributed by atoms with Crippen LogP contribution in [0.3, 0.4) is 0 Å². The highest BCUT2D eigenvalue weighted by Gasteiger charge is 2.31. The van der Waals surface area contributed by atoms with Crippen molar-refractivity contribution >= 4 is 42.2 Å². The Balaban J connectivity index is 0.00000361. The van der Waals surface area contributed by atoms with E-state index in [9.17, 15) is 22.8 Å². The Morgan fingerprint density at radius 1 is 1.03 bits per heavy atom. The van der Waals surface area contributed by atoms with Gasteiger partial charge >= 0.3 is 12.2 Å². The number of hydrogen-bond donors (Lipinski definition) is 3. The number of carbonyl (C=O) groups excluding carboxylic acids is 1. The molecule has 15 heteroatoms. The lowest BCUT2D eigenvalue weighted by Crippen LogP contribution is -2.21. The van der Waals surface area contributed by atoms with E-state index < -0.39 is 23.3 Å². The molecule has 3 rings (SSSR count). The highest BCUT2D eigenvalue weighted by Crippen LogP contribution is 2.34. The van der Waals surface area contributed by atoms with Gasteiger partial charge in [-0.15, -0.1) is 24.8 Å². The van der Waals surface area contributed by atoms with Gasteiger partial charge in [0, 0.05) is 30.1 Å². The van der Waals surface area contributed by atoms with Gasteiger partial charge in [0.15, 0.2) is 11.6 Å². The van der Waals surface area contributed by atoms with Crippen molar-refractivity contribution in [3.8, 4) is 22.9 Å². The molecule has 0 aliphatic heterocycles. The van der Waals surface area contributed by atoms with E-state index >= 15 is 0 Å². The minimum atomic E-state index is -4.62. The van der Waals surface area contributed by atoms with Gasteiger partial charge in [0.2, 0.25) is 0 Å². The monoisotopic (exact) mass is 578 g/mol. The molecule has 208 valence electrons. The van der Waals surface area contributed by atoms with Crippen LogP contribution in [0.2, 0.25) is 0 Å². The zero-order chi connectivity index (χ0) is 26.3. The van der Waals surface area contributed by atoms with Crippen LogP contribution in [0, 0.1) is 0 Å². The summed E-state index contributed by atoms with van der Waals surface area (Å²) in [6, 6.07) is 3.68. The molecule has 1 aromatic carbocycles. The predicted octanol–water partition coefficient (Wildman–Crippen LogP) is 4.68. The highest BCUT2D eigenvalue weighted by molar-refractivity contribution is 5.99. The summed E-state index contributed by atoms with van der Waals surface area (Å²) in [6.07, 6.45) is -0.572. The molecule has 0 unspecified atom stereocenters. The molecule has 10 nitrogen and oxygen atoms in total. The maximum Gasteiger partial charge on any atom is 0.416 e. The van der Waals surface area contributed by atoms with E-state index in [0.29, 0.717) is 18.7 Å². The molecule has 3 aromatic rings. The standard InChI is InChI=1S/C23H25F3N6O4.2ClH/c1-4-35-19-7-14(11-29-21(19)33)20-27-12-17(13-28-20)31-22(34)30-16-8-15(23(24,25)26)9-18(10-16)36-6-5-32(2)3;;/h7-13H,4-6H2,1-3H3,(H,29,33)(H2,30,31,34);2*1H. The Labute approximate surface area is 228 Å². The van der Waals surface area contributed by atoms with Crippen LogP contribution in [0.4, 0.5) is 29.3 Å². The number of anilines is 2. The first kappa shape index (κ1) is 32.5. The number of benzene rings is 1. The highest BCUT2D eigenvalue weighted by atomic mass is 35.5. The molecular weight excluding hydrogens is 552 g/mol. The quantitative estimate of drug-likeness (QED) is 0.337. The Morgan fingerprint density at radius 3 is 2.29 bits per heavy atom.